The number of benzene rings is 2. The van der Waals surface area contributed by atoms with Crippen LogP contribution in [-0.2, 0) is 20.6 Å². The highest BCUT2D eigenvalue weighted by Crippen LogP contribution is 2.28. The molecule has 0 heterocycles. The molecule has 0 spiro atoms. The molecule has 0 aromatic heterocycles. The van der Waals surface area contributed by atoms with E-state index in [4.69, 9.17) is 0 Å². The van der Waals surface area contributed by atoms with E-state index in [9.17, 15) is 13.2 Å². The van der Waals surface area contributed by atoms with Gasteiger partial charge in [-0.15, -0.1) is 11.8 Å². The van der Waals surface area contributed by atoms with Gasteiger partial charge in [-0.25, -0.2) is 13.1 Å². The lowest BCUT2D eigenvalue weighted by atomic mass is 10.2. The van der Waals surface area contributed by atoms with Gasteiger partial charge in [0.1, 0.15) is 0 Å². The van der Waals surface area contributed by atoms with Gasteiger partial charge in [0.05, 0.1) is 10.6 Å². The van der Waals surface area contributed by atoms with Crippen LogP contribution in [0.4, 0.5) is 5.69 Å². The number of hydrogen-bond donors (Lipinski definition) is 2. The Balaban J connectivity index is 1.97. The Kier molecular flexibility index (Phi) is 8.88. The molecular formula is C20H26N2O3S3. The van der Waals surface area contributed by atoms with Crippen LogP contribution in [0.5, 0.6) is 0 Å². The fraction of sp³-hybridized carbons (Fsp3) is 0.350. The lowest BCUT2D eigenvalue weighted by Gasteiger charge is -2.14. The molecule has 5 nitrogen and oxygen atoms in total. The molecular weight excluding hydrogens is 412 g/mol. The van der Waals surface area contributed by atoms with E-state index in [1.165, 1.54) is 23.4 Å². The molecule has 0 aliphatic heterocycles. The summed E-state index contributed by atoms with van der Waals surface area (Å²) in [5.74, 6) is 1.19. The van der Waals surface area contributed by atoms with Gasteiger partial charge in [0, 0.05) is 28.9 Å². The molecule has 0 saturated heterocycles. The van der Waals surface area contributed by atoms with Crippen molar-refractivity contribution in [2.75, 3.05) is 23.9 Å². The number of thioether (sulfide) groups is 2. The molecule has 1 amide bonds. The molecule has 152 valence electrons. The molecule has 0 radical (unpaired) electrons. The molecule has 0 atom stereocenters. The number of sulfonamides is 1. The van der Waals surface area contributed by atoms with Gasteiger partial charge in [-0.3, -0.25) is 4.79 Å². The average molecular weight is 439 g/mol. The second-order valence-electron chi connectivity index (χ2n) is 6.44. The van der Waals surface area contributed by atoms with Crippen molar-refractivity contribution < 1.29 is 13.2 Å². The van der Waals surface area contributed by atoms with E-state index in [1.807, 2.05) is 24.5 Å². The molecule has 2 N–H and O–H groups in total. The smallest absolute Gasteiger partial charge is 0.240 e. The van der Waals surface area contributed by atoms with Crippen LogP contribution in [0.1, 0.15) is 19.4 Å². The van der Waals surface area contributed by atoms with E-state index in [0.717, 1.165) is 10.6 Å². The van der Waals surface area contributed by atoms with Crippen LogP contribution in [-0.4, -0.2) is 32.9 Å². The largest absolute Gasteiger partial charge is 0.325 e. The predicted molar refractivity (Wildman–Crippen MR) is 119 cm³/mol. The van der Waals surface area contributed by atoms with Gasteiger partial charge in [-0.05, 0) is 30.0 Å². The van der Waals surface area contributed by atoms with Crippen molar-refractivity contribution in [3.8, 4) is 0 Å². The molecule has 2 aromatic carbocycles. The van der Waals surface area contributed by atoms with Crippen LogP contribution in [0.25, 0.3) is 0 Å². The monoisotopic (exact) mass is 438 g/mol. The van der Waals surface area contributed by atoms with Crippen molar-refractivity contribution in [2.24, 2.45) is 5.92 Å². The predicted octanol–water partition coefficient (Wildman–Crippen LogP) is 4.21. The summed E-state index contributed by atoms with van der Waals surface area (Å²) in [6.45, 7) is 3.94. The highest BCUT2D eigenvalue weighted by atomic mass is 32.2. The van der Waals surface area contributed by atoms with E-state index in [1.54, 1.807) is 37.7 Å². The van der Waals surface area contributed by atoms with Crippen LogP contribution in [0, 0.1) is 5.92 Å². The van der Waals surface area contributed by atoms with Crippen molar-refractivity contribution in [1.82, 2.24) is 4.72 Å². The lowest BCUT2D eigenvalue weighted by Crippen LogP contribution is -2.26. The average Bonchev–Trinajstić information content (AvgIpc) is 2.68. The summed E-state index contributed by atoms with van der Waals surface area (Å²) in [4.78, 5) is 13.0. The normalized spacial score (nSPS) is 11.6. The van der Waals surface area contributed by atoms with E-state index >= 15 is 0 Å². The first kappa shape index (κ1) is 22.8. The van der Waals surface area contributed by atoms with Gasteiger partial charge in [0.25, 0.3) is 0 Å². The molecule has 0 fully saturated rings. The van der Waals surface area contributed by atoms with Crippen molar-refractivity contribution >= 4 is 45.1 Å². The number of carbonyl (C=O) groups excluding carboxylic acids is 1. The maximum absolute atomic E-state index is 12.6. The minimum Gasteiger partial charge on any atom is -0.325 e. The highest BCUT2D eigenvalue weighted by molar-refractivity contribution is 7.99. The summed E-state index contributed by atoms with van der Waals surface area (Å²) in [6, 6.07) is 14.9. The van der Waals surface area contributed by atoms with Gasteiger partial charge in [0.15, 0.2) is 0 Å². The summed E-state index contributed by atoms with van der Waals surface area (Å²) in [5, 5.41) is 2.81. The molecule has 0 aliphatic carbocycles. The van der Waals surface area contributed by atoms with E-state index in [2.05, 4.69) is 22.2 Å². The second kappa shape index (κ2) is 10.9. The molecule has 2 rings (SSSR count). The topological polar surface area (TPSA) is 75.3 Å². The van der Waals surface area contributed by atoms with Crippen LogP contribution in [0.3, 0.4) is 0 Å². The van der Waals surface area contributed by atoms with Crippen molar-refractivity contribution in [1.29, 1.82) is 0 Å². The van der Waals surface area contributed by atoms with Gasteiger partial charge in [0.2, 0.25) is 15.9 Å². The molecule has 28 heavy (non-hydrogen) atoms. The van der Waals surface area contributed by atoms with Gasteiger partial charge >= 0.3 is 0 Å². The van der Waals surface area contributed by atoms with E-state index in [-0.39, 0.29) is 16.7 Å². The summed E-state index contributed by atoms with van der Waals surface area (Å²) in [7, 11) is -3.63. The zero-order valence-corrected chi connectivity index (χ0v) is 18.7. The Morgan fingerprint density at radius 3 is 2.46 bits per heavy atom. The molecule has 0 bridgehead atoms. The zero-order chi connectivity index (χ0) is 20.6. The summed E-state index contributed by atoms with van der Waals surface area (Å²) >= 11 is 3.13. The van der Waals surface area contributed by atoms with Gasteiger partial charge in [-0.1, -0.05) is 44.2 Å². The second-order valence-corrected chi connectivity index (χ2v) is 10.2. The number of rotatable bonds is 10. The van der Waals surface area contributed by atoms with Gasteiger partial charge in [-0.2, -0.15) is 11.8 Å². The molecule has 0 saturated carbocycles. The quantitative estimate of drug-likeness (QED) is 0.429. The minimum absolute atomic E-state index is 0.143. The number of amides is 1. The molecule has 8 heteroatoms. The first-order valence-electron chi connectivity index (χ1n) is 8.93. The number of nitrogens with one attached hydrogen (secondary N) is 2. The number of carbonyl (C=O) groups is 1. The number of hydrogen-bond acceptors (Lipinski definition) is 5. The first-order chi connectivity index (χ1) is 13.3. The number of anilines is 1. The van der Waals surface area contributed by atoms with Crippen molar-refractivity contribution in [3.05, 3.63) is 54.1 Å². The third kappa shape index (κ3) is 6.84. The lowest BCUT2D eigenvalue weighted by molar-refractivity contribution is -0.118. The molecule has 2 aromatic rings. The fourth-order valence-corrected chi connectivity index (χ4v) is 4.86. The highest BCUT2D eigenvalue weighted by Gasteiger charge is 2.17. The SMILES string of the molecule is CSc1ccc(S(=O)(=O)NCCSCc2ccccc2)cc1NC(=O)C(C)C. The molecule has 0 aliphatic rings. The van der Waals surface area contributed by atoms with E-state index < -0.39 is 10.0 Å². The minimum atomic E-state index is -3.63. The van der Waals surface area contributed by atoms with Gasteiger partial charge < -0.3 is 5.32 Å². The summed E-state index contributed by atoms with van der Waals surface area (Å²) < 4.78 is 27.8. The van der Waals surface area contributed by atoms with E-state index in [0.29, 0.717) is 18.0 Å². The Morgan fingerprint density at radius 1 is 1.11 bits per heavy atom. The third-order valence-corrected chi connectivity index (χ3v) is 7.20. The first-order valence-corrected chi connectivity index (χ1v) is 12.8. The Bertz CT molecular complexity index is 885. The van der Waals surface area contributed by atoms with Crippen LogP contribution in [0.2, 0.25) is 0 Å². The Morgan fingerprint density at radius 2 is 1.82 bits per heavy atom. The zero-order valence-electron chi connectivity index (χ0n) is 16.3. The van der Waals surface area contributed by atoms with Crippen LogP contribution >= 0.6 is 23.5 Å². The summed E-state index contributed by atoms with van der Waals surface area (Å²) in [6.07, 6.45) is 1.89. The fourth-order valence-electron chi connectivity index (χ4n) is 2.32. The van der Waals surface area contributed by atoms with Crippen molar-refractivity contribution in [3.63, 3.8) is 0 Å². The Labute approximate surface area is 176 Å². The van der Waals surface area contributed by atoms with Crippen molar-refractivity contribution in [2.45, 2.75) is 29.4 Å². The van der Waals surface area contributed by atoms with Crippen LogP contribution in [0.15, 0.2) is 58.3 Å². The maximum Gasteiger partial charge on any atom is 0.240 e. The third-order valence-electron chi connectivity index (χ3n) is 3.91. The maximum atomic E-state index is 12.6. The van der Waals surface area contributed by atoms with Crippen LogP contribution < -0.4 is 10.0 Å². The summed E-state index contributed by atoms with van der Waals surface area (Å²) in [5.41, 5.74) is 1.74. The standard InChI is InChI=1S/C20H26N2O3S3/c1-15(2)20(23)22-18-13-17(9-10-19(18)26-3)28(24,25)21-11-12-27-14-16-7-5-4-6-8-16/h4-10,13,15,21H,11-12,14H2,1-3H3,(H,22,23). The molecule has 0 unspecified atom stereocenters. The Hall–Kier alpha value is -1.48.